The molecule has 0 saturated heterocycles. The Balaban J connectivity index is 1.83. The molecule has 2 heterocycles. The van der Waals surface area contributed by atoms with E-state index < -0.39 is 5.92 Å². The number of benzene rings is 2. The zero-order valence-corrected chi connectivity index (χ0v) is 15.4. The lowest BCUT2D eigenvalue weighted by molar-refractivity contribution is -0.113. The summed E-state index contributed by atoms with van der Waals surface area (Å²) in [6.45, 7) is 3.70. The van der Waals surface area contributed by atoms with Crippen LogP contribution in [0.1, 0.15) is 29.7 Å². The summed E-state index contributed by atoms with van der Waals surface area (Å²) in [5.74, 6) is -0.508. The summed E-state index contributed by atoms with van der Waals surface area (Å²) in [5.41, 5.74) is 4.21. The van der Waals surface area contributed by atoms with Gasteiger partial charge in [-0.05, 0) is 43.7 Å². The number of aromatic nitrogens is 2. The molecule has 1 aliphatic rings. The quantitative estimate of drug-likeness (QED) is 0.449. The van der Waals surface area contributed by atoms with Crippen LogP contribution in [0, 0.1) is 6.92 Å². The van der Waals surface area contributed by atoms with Gasteiger partial charge < -0.3 is 20.8 Å². The van der Waals surface area contributed by atoms with Crippen LogP contribution in [0.2, 0.25) is 0 Å². The van der Waals surface area contributed by atoms with Crippen molar-refractivity contribution in [1.29, 1.82) is 0 Å². The second kappa shape index (κ2) is 6.77. The first-order valence-electron chi connectivity index (χ1n) is 8.86. The summed E-state index contributed by atoms with van der Waals surface area (Å²) in [5, 5.41) is 33.1. The average molecular weight is 376 g/mol. The predicted molar refractivity (Wildman–Crippen MR) is 106 cm³/mol. The van der Waals surface area contributed by atoms with Gasteiger partial charge in [0.2, 0.25) is 0 Å². The van der Waals surface area contributed by atoms with E-state index in [2.05, 4.69) is 20.8 Å². The number of phenols is 2. The summed E-state index contributed by atoms with van der Waals surface area (Å²) < 4.78 is 0. The Hall–Kier alpha value is -3.74. The maximum atomic E-state index is 13.2. The van der Waals surface area contributed by atoms with E-state index >= 15 is 0 Å². The SMILES string of the molecule is CC1=C(C(=O)Nc2ccccc2)C(c2ccc(O)c(O)c2)c2c(n[nH]c2C)N1. The standard InChI is InChI=1S/C21H20N4O3/c1-11-18(21(28)23-14-6-4-3-5-7-14)19(13-8-9-15(26)16(27)10-13)17-12(2)24-25-20(17)22-11/h3-10,19,26-27H,1-2H3,(H,23,28)(H2,22,24,25). The molecule has 28 heavy (non-hydrogen) atoms. The Bertz CT molecular complexity index is 1090. The average Bonchev–Trinajstić information content (AvgIpc) is 3.04. The van der Waals surface area contributed by atoms with Gasteiger partial charge in [-0.25, -0.2) is 0 Å². The Labute approximate surface area is 161 Å². The Morgan fingerprint density at radius 1 is 1.07 bits per heavy atom. The normalized spacial score (nSPS) is 15.7. The number of hydrogen-bond acceptors (Lipinski definition) is 5. The number of H-pyrrole nitrogens is 1. The van der Waals surface area contributed by atoms with Gasteiger partial charge in [0.15, 0.2) is 17.3 Å². The van der Waals surface area contributed by atoms with Crippen molar-refractivity contribution in [1.82, 2.24) is 10.2 Å². The van der Waals surface area contributed by atoms with Crippen LogP contribution < -0.4 is 10.6 Å². The first-order valence-corrected chi connectivity index (χ1v) is 8.86. The van der Waals surface area contributed by atoms with Gasteiger partial charge in [-0.1, -0.05) is 24.3 Å². The number of nitrogens with one attached hydrogen (secondary N) is 3. The molecule has 0 aliphatic carbocycles. The predicted octanol–water partition coefficient (Wildman–Crippen LogP) is 3.60. The van der Waals surface area contributed by atoms with Crippen molar-refractivity contribution in [3.05, 3.63) is 76.6 Å². The number of hydrogen-bond donors (Lipinski definition) is 5. The molecule has 1 amide bonds. The molecule has 0 radical (unpaired) electrons. The van der Waals surface area contributed by atoms with Gasteiger partial charge in [0, 0.05) is 34.1 Å². The number of anilines is 2. The van der Waals surface area contributed by atoms with Crippen LogP contribution in [0.3, 0.4) is 0 Å². The van der Waals surface area contributed by atoms with Gasteiger partial charge in [0.1, 0.15) is 0 Å². The number of nitrogens with zero attached hydrogens (tertiary/aromatic N) is 1. The highest BCUT2D eigenvalue weighted by Crippen LogP contribution is 2.44. The van der Waals surface area contributed by atoms with Gasteiger partial charge in [0.25, 0.3) is 5.91 Å². The molecule has 0 bridgehead atoms. The molecule has 0 spiro atoms. The minimum atomic E-state index is -0.454. The van der Waals surface area contributed by atoms with E-state index in [1.807, 2.05) is 44.2 Å². The highest BCUT2D eigenvalue weighted by molar-refractivity contribution is 6.07. The fourth-order valence-electron chi connectivity index (χ4n) is 3.57. The van der Waals surface area contributed by atoms with Crippen molar-refractivity contribution < 1.29 is 15.0 Å². The number of fused-ring (bicyclic) bond motifs is 1. The number of para-hydroxylation sites is 1. The molecule has 7 heteroatoms. The van der Waals surface area contributed by atoms with E-state index in [9.17, 15) is 15.0 Å². The topological polar surface area (TPSA) is 110 Å². The summed E-state index contributed by atoms with van der Waals surface area (Å²) in [6.07, 6.45) is 0. The second-order valence-electron chi connectivity index (χ2n) is 6.78. The minimum absolute atomic E-state index is 0.210. The summed E-state index contributed by atoms with van der Waals surface area (Å²) >= 11 is 0. The largest absolute Gasteiger partial charge is 0.504 e. The first kappa shape index (κ1) is 17.7. The van der Waals surface area contributed by atoms with E-state index in [0.29, 0.717) is 28.3 Å². The molecule has 1 aliphatic heterocycles. The lowest BCUT2D eigenvalue weighted by Crippen LogP contribution is -2.27. The van der Waals surface area contributed by atoms with E-state index in [1.165, 1.54) is 12.1 Å². The molecule has 4 rings (SSSR count). The third kappa shape index (κ3) is 2.96. The monoisotopic (exact) mass is 376 g/mol. The number of rotatable bonds is 3. The molecule has 1 unspecified atom stereocenters. The lowest BCUT2D eigenvalue weighted by atomic mass is 9.81. The maximum absolute atomic E-state index is 13.2. The molecule has 2 aromatic carbocycles. The Kier molecular flexibility index (Phi) is 4.27. The molecule has 142 valence electrons. The third-order valence-corrected chi connectivity index (χ3v) is 4.89. The van der Waals surface area contributed by atoms with Gasteiger partial charge >= 0.3 is 0 Å². The fourth-order valence-corrected chi connectivity index (χ4v) is 3.57. The lowest BCUT2D eigenvalue weighted by Gasteiger charge is -2.28. The van der Waals surface area contributed by atoms with Crippen LogP contribution in [-0.2, 0) is 4.79 Å². The van der Waals surface area contributed by atoms with Crippen LogP contribution in [0.15, 0.2) is 59.8 Å². The molecule has 7 nitrogen and oxygen atoms in total. The number of aryl methyl sites for hydroxylation is 1. The van der Waals surface area contributed by atoms with Crippen molar-refractivity contribution in [2.45, 2.75) is 19.8 Å². The maximum Gasteiger partial charge on any atom is 0.254 e. The van der Waals surface area contributed by atoms with Crippen molar-refractivity contribution in [3.63, 3.8) is 0 Å². The number of amides is 1. The van der Waals surface area contributed by atoms with E-state index in [1.54, 1.807) is 6.07 Å². The molecule has 0 fully saturated rings. The highest BCUT2D eigenvalue weighted by Gasteiger charge is 2.35. The smallest absolute Gasteiger partial charge is 0.254 e. The van der Waals surface area contributed by atoms with E-state index in [4.69, 9.17) is 0 Å². The highest BCUT2D eigenvalue weighted by atomic mass is 16.3. The Morgan fingerprint density at radius 2 is 1.82 bits per heavy atom. The number of carbonyl (C=O) groups excluding carboxylic acids is 1. The van der Waals surface area contributed by atoms with Crippen LogP contribution in [-0.4, -0.2) is 26.3 Å². The van der Waals surface area contributed by atoms with Crippen LogP contribution >= 0.6 is 0 Å². The molecule has 0 saturated carbocycles. The fraction of sp³-hybridized carbons (Fsp3) is 0.143. The van der Waals surface area contributed by atoms with Gasteiger partial charge in [-0.15, -0.1) is 0 Å². The number of aromatic amines is 1. The third-order valence-electron chi connectivity index (χ3n) is 4.89. The summed E-state index contributed by atoms with van der Waals surface area (Å²) in [6, 6.07) is 13.8. The van der Waals surface area contributed by atoms with Crippen LogP contribution in [0.25, 0.3) is 0 Å². The van der Waals surface area contributed by atoms with Crippen LogP contribution in [0.4, 0.5) is 11.5 Å². The molecule has 5 N–H and O–H groups in total. The summed E-state index contributed by atoms with van der Waals surface area (Å²) in [7, 11) is 0. The Morgan fingerprint density at radius 3 is 2.54 bits per heavy atom. The number of aromatic hydroxyl groups is 2. The zero-order valence-electron chi connectivity index (χ0n) is 15.4. The van der Waals surface area contributed by atoms with Gasteiger partial charge in [0.05, 0.1) is 0 Å². The summed E-state index contributed by atoms with van der Waals surface area (Å²) in [4.78, 5) is 13.2. The van der Waals surface area contributed by atoms with Crippen LogP contribution in [0.5, 0.6) is 11.5 Å². The second-order valence-corrected chi connectivity index (χ2v) is 6.78. The van der Waals surface area contributed by atoms with Crippen molar-refractivity contribution in [3.8, 4) is 11.5 Å². The molecular weight excluding hydrogens is 356 g/mol. The molecule has 1 atom stereocenters. The van der Waals surface area contributed by atoms with E-state index in [0.717, 1.165) is 11.3 Å². The van der Waals surface area contributed by atoms with Gasteiger partial charge in [-0.2, -0.15) is 5.10 Å². The minimum Gasteiger partial charge on any atom is -0.504 e. The van der Waals surface area contributed by atoms with Gasteiger partial charge in [-0.3, -0.25) is 9.89 Å². The zero-order chi connectivity index (χ0) is 19.8. The molecule has 3 aromatic rings. The van der Waals surface area contributed by atoms with Crippen molar-refractivity contribution in [2.75, 3.05) is 10.6 Å². The molecule has 1 aromatic heterocycles. The number of phenolic OH excluding ortho intramolecular Hbond substituents is 2. The number of allylic oxidation sites excluding steroid dienone is 1. The van der Waals surface area contributed by atoms with Crippen molar-refractivity contribution in [2.24, 2.45) is 0 Å². The van der Waals surface area contributed by atoms with Crippen molar-refractivity contribution >= 4 is 17.4 Å². The van der Waals surface area contributed by atoms with E-state index in [-0.39, 0.29) is 17.4 Å². The molecular formula is C21H20N4O3. The first-order chi connectivity index (χ1) is 13.5. The number of carbonyl (C=O) groups is 1.